The summed E-state index contributed by atoms with van der Waals surface area (Å²) in [6.45, 7) is 2.90. The van der Waals surface area contributed by atoms with E-state index in [1.54, 1.807) is 6.07 Å². The standard InChI is InChI=1S/C19H23N3O3S/c1-14-5-7-15(8-6-14)18(20)19(23)21-16-3-2-4-17(13-16)22-9-11-26(24,25)12-10-22/h2-8,13,18H,9-12,20H2,1H3,(H,21,23). The van der Waals surface area contributed by atoms with E-state index in [1.807, 2.05) is 54.3 Å². The molecule has 0 spiro atoms. The minimum Gasteiger partial charge on any atom is -0.369 e. The second-order valence-corrected chi connectivity index (χ2v) is 8.87. The number of aryl methyl sites for hydroxylation is 1. The summed E-state index contributed by atoms with van der Waals surface area (Å²) in [6.07, 6.45) is 0. The van der Waals surface area contributed by atoms with Crippen LogP contribution in [0.1, 0.15) is 17.2 Å². The molecule has 1 heterocycles. The molecule has 1 aliphatic rings. The minimum absolute atomic E-state index is 0.155. The predicted molar refractivity (Wildman–Crippen MR) is 104 cm³/mol. The average molecular weight is 373 g/mol. The van der Waals surface area contributed by atoms with Crippen LogP contribution < -0.4 is 16.0 Å². The first-order valence-electron chi connectivity index (χ1n) is 8.52. The maximum absolute atomic E-state index is 12.4. The van der Waals surface area contributed by atoms with Crippen LogP contribution in [-0.2, 0) is 14.6 Å². The van der Waals surface area contributed by atoms with Crippen LogP contribution in [0.5, 0.6) is 0 Å². The van der Waals surface area contributed by atoms with Gasteiger partial charge in [-0.1, -0.05) is 35.9 Å². The normalized spacial score (nSPS) is 17.5. The van der Waals surface area contributed by atoms with Crippen LogP contribution in [-0.4, -0.2) is 38.9 Å². The fraction of sp³-hybridized carbons (Fsp3) is 0.316. The van der Waals surface area contributed by atoms with Crippen molar-refractivity contribution in [1.82, 2.24) is 0 Å². The summed E-state index contributed by atoms with van der Waals surface area (Å²) in [5, 5.41) is 2.84. The van der Waals surface area contributed by atoms with Crippen molar-refractivity contribution in [1.29, 1.82) is 0 Å². The number of rotatable bonds is 4. The summed E-state index contributed by atoms with van der Waals surface area (Å²) < 4.78 is 23.1. The van der Waals surface area contributed by atoms with Crippen LogP contribution in [0.3, 0.4) is 0 Å². The van der Waals surface area contributed by atoms with Gasteiger partial charge < -0.3 is 16.0 Å². The Morgan fingerprint density at radius 1 is 1.12 bits per heavy atom. The Kier molecular flexibility index (Phi) is 5.29. The molecule has 1 fully saturated rings. The lowest BCUT2D eigenvalue weighted by atomic mass is 10.1. The highest BCUT2D eigenvalue weighted by Gasteiger charge is 2.22. The van der Waals surface area contributed by atoms with Crippen LogP contribution >= 0.6 is 0 Å². The molecule has 0 radical (unpaired) electrons. The Morgan fingerprint density at radius 3 is 2.42 bits per heavy atom. The summed E-state index contributed by atoms with van der Waals surface area (Å²) in [5.41, 5.74) is 9.45. The third kappa shape index (κ3) is 4.42. The Morgan fingerprint density at radius 2 is 1.77 bits per heavy atom. The number of amides is 1. The fourth-order valence-corrected chi connectivity index (χ4v) is 4.10. The Hall–Kier alpha value is -2.38. The van der Waals surface area contributed by atoms with Crippen LogP contribution in [0.25, 0.3) is 0 Å². The zero-order valence-electron chi connectivity index (χ0n) is 14.7. The third-order valence-electron chi connectivity index (χ3n) is 4.54. The number of hydrogen-bond acceptors (Lipinski definition) is 5. The lowest BCUT2D eigenvalue weighted by Crippen LogP contribution is -2.40. The van der Waals surface area contributed by atoms with E-state index in [4.69, 9.17) is 5.73 Å². The van der Waals surface area contributed by atoms with Crippen molar-refractivity contribution in [3.05, 3.63) is 59.7 Å². The van der Waals surface area contributed by atoms with Gasteiger partial charge in [0, 0.05) is 24.5 Å². The summed E-state index contributed by atoms with van der Waals surface area (Å²) in [5.74, 6) is 0.0243. The van der Waals surface area contributed by atoms with E-state index >= 15 is 0 Å². The number of nitrogens with one attached hydrogen (secondary N) is 1. The van der Waals surface area contributed by atoms with E-state index in [-0.39, 0.29) is 17.4 Å². The third-order valence-corrected chi connectivity index (χ3v) is 6.15. The first-order chi connectivity index (χ1) is 12.3. The Balaban J connectivity index is 1.68. The molecule has 3 N–H and O–H groups in total. The fourth-order valence-electron chi connectivity index (χ4n) is 2.90. The van der Waals surface area contributed by atoms with Gasteiger partial charge in [0.15, 0.2) is 9.84 Å². The average Bonchev–Trinajstić information content (AvgIpc) is 2.62. The van der Waals surface area contributed by atoms with Gasteiger partial charge in [0.1, 0.15) is 6.04 Å². The number of carbonyl (C=O) groups is 1. The molecule has 2 aromatic carbocycles. The highest BCUT2D eigenvalue weighted by molar-refractivity contribution is 7.91. The molecule has 3 rings (SSSR count). The second kappa shape index (κ2) is 7.47. The first kappa shape index (κ1) is 18.4. The van der Waals surface area contributed by atoms with Gasteiger partial charge in [0.2, 0.25) is 5.91 Å². The van der Waals surface area contributed by atoms with Crippen molar-refractivity contribution in [2.45, 2.75) is 13.0 Å². The number of hydrogen-bond donors (Lipinski definition) is 2. The molecule has 7 heteroatoms. The molecular weight excluding hydrogens is 350 g/mol. The Labute approximate surface area is 153 Å². The maximum Gasteiger partial charge on any atom is 0.245 e. The van der Waals surface area contributed by atoms with E-state index in [9.17, 15) is 13.2 Å². The molecule has 0 bridgehead atoms. The van der Waals surface area contributed by atoms with Gasteiger partial charge in [0.25, 0.3) is 0 Å². The molecule has 6 nitrogen and oxygen atoms in total. The molecule has 0 aromatic heterocycles. The van der Waals surface area contributed by atoms with Crippen molar-refractivity contribution in [2.75, 3.05) is 34.8 Å². The lowest BCUT2D eigenvalue weighted by Gasteiger charge is -2.29. The molecule has 1 unspecified atom stereocenters. The van der Waals surface area contributed by atoms with Gasteiger partial charge >= 0.3 is 0 Å². The van der Waals surface area contributed by atoms with Crippen LogP contribution in [0.2, 0.25) is 0 Å². The van der Waals surface area contributed by atoms with Crippen molar-refractivity contribution in [3.8, 4) is 0 Å². The molecule has 2 aromatic rings. The summed E-state index contributed by atoms with van der Waals surface area (Å²) >= 11 is 0. The molecule has 138 valence electrons. The zero-order valence-corrected chi connectivity index (χ0v) is 15.5. The molecule has 1 amide bonds. The van der Waals surface area contributed by atoms with Crippen LogP contribution in [0.15, 0.2) is 48.5 Å². The molecular formula is C19H23N3O3S. The highest BCUT2D eigenvalue weighted by Crippen LogP contribution is 2.22. The number of anilines is 2. The van der Waals surface area contributed by atoms with E-state index < -0.39 is 15.9 Å². The molecule has 26 heavy (non-hydrogen) atoms. The van der Waals surface area contributed by atoms with Gasteiger partial charge in [-0.25, -0.2) is 8.42 Å². The van der Waals surface area contributed by atoms with E-state index in [2.05, 4.69) is 5.32 Å². The number of nitrogens with two attached hydrogens (primary N) is 1. The van der Waals surface area contributed by atoms with E-state index in [1.165, 1.54) is 0 Å². The lowest BCUT2D eigenvalue weighted by molar-refractivity contribution is -0.117. The molecule has 0 aliphatic carbocycles. The molecule has 1 aliphatic heterocycles. The summed E-state index contributed by atoms with van der Waals surface area (Å²) in [6, 6.07) is 14.2. The smallest absolute Gasteiger partial charge is 0.245 e. The summed E-state index contributed by atoms with van der Waals surface area (Å²) in [4.78, 5) is 14.5. The van der Waals surface area contributed by atoms with Crippen molar-refractivity contribution >= 4 is 27.1 Å². The van der Waals surface area contributed by atoms with Crippen LogP contribution in [0, 0.1) is 6.92 Å². The van der Waals surface area contributed by atoms with Gasteiger partial charge in [-0.15, -0.1) is 0 Å². The van der Waals surface area contributed by atoms with Crippen LogP contribution in [0.4, 0.5) is 11.4 Å². The van der Waals surface area contributed by atoms with E-state index in [0.29, 0.717) is 18.8 Å². The minimum atomic E-state index is -2.93. The van der Waals surface area contributed by atoms with Gasteiger partial charge in [-0.05, 0) is 30.7 Å². The van der Waals surface area contributed by atoms with Gasteiger partial charge in [-0.3, -0.25) is 4.79 Å². The SMILES string of the molecule is Cc1ccc(C(N)C(=O)Nc2cccc(N3CCS(=O)(=O)CC3)c2)cc1. The van der Waals surface area contributed by atoms with Crippen molar-refractivity contribution in [2.24, 2.45) is 5.73 Å². The molecule has 1 saturated heterocycles. The monoisotopic (exact) mass is 373 g/mol. The molecule has 0 saturated carbocycles. The number of benzene rings is 2. The van der Waals surface area contributed by atoms with Gasteiger partial charge in [-0.2, -0.15) is 0 Å². The number of carbonyl (C=O) groups excluding carboxylic acids is 1. The zero-order chi connectivity index (χ0) is 18.7. The Bertz CT molecular complexity index is 881. The van der Waals surface area contributed by atoms with Crippen molar-refractivity contribution in [3.63, 3.8) is 0 Å². The van der Waals surface area contributed by atoms with Gasteiger partial charge in [0.05, 0.1) is 11.5 Å². The van der Waals surface area contributed by atoms with Crippen molar-refractivity contribution < 1.29 is 13.2 Å². The first-order valence-corrected chi connectivity index (χ1v) is 10.3. The largest absolute Gasteiger partial charge is 0.369 e. The summed E-state index contributed by atoms with van der Waals surface area (Å²) in [7, 11) is -2.93. The highest BCUT2D eigenvalue weighted by atomic mass is 32.2. The van der Waals surface area contributed by atoms with E-state index in [0.717, 1.165) is 16.8 Å². The quantitative estimate of drug-likeness (QED) is 0.853. The topological polar surface area (TPSA) is 92.5 Å². The predicted octanol–water partition coefficient (Wildman–Crippen LogP) is 1.87. The number of nitrogens with zero attached hydrogens (tertiary/aromatic N) is 1. The maximum atomic E-state index is 12.4. The second-order valence-electron chi connectivity index (χ2n) is 6.57. The number of sulfone groups is 1. The molecule has 1 atom stereocenters.